The van der Waals surface area contributed by atoms with Gasteiger partial charge in [0.2, 0.25) is 0 Å². The largest absolute Gasteiger partial charge is 0.350 e. The lowest BCUT2D eigenvalue weighted by atomic mass is 10.1. The molecule has 2 aromatic heterocycles. The summed E-state index contributed by atoms with van der Waals surface area (Å²) in [6.07, 6.45) is 6.08. The third-order valence-electron chi connectivity index (χ3n) is 5.41. The molecule has 0 aliphatic heterocycles. The van der Waals surface area contributed by atoms with Crippen LogP contribution in [0.3, 0.4) is 0 Å². The zero-order chi connectivity index (χ0) is 20.5. The number of nitrogens with zero attached hydrogens (tertiary/aromatic N) is 3. The second-order valence-electron chi connectivity index (χ2n) is 7.41. The fraction of sp³-hybridized carbons (Fsp3) is 0.0769. The summed E-state index contributed by atoms with van der Waals surface area (Å²) in [7, 11) is 2.04. The second kappa shape index (κ2) is 7.48. The Bertz CT molecular complexity index is 1440. The molecule has 4 nitrogen and oxygen atoms in total. The molecule has 0 aliphatic carbocycles. The molecule has 0 bridgehead atoms. The van der Waals surface area contributed by atoms with E-state index in [1.807, 2.05) is 85.9 Å². The smallest absolute Gasteiger partial charge is 0.261 e. The number of para-hydroxylation sites is 2. The minimum Gasteiger partial charge on any atom is -0.350 e. The van der Waals surface area contributed by atoms with Crippen molar-refractivity contribution in [2.75, 3.05) is 0 Å². The van der Waals surface area contributed by atoms with E-state index >= 15 is 0 Å². The van der Waals surface area contributed by atoms with Crippen molar-refractivity contribution in [3.8, 4) is 0 Å². The van der Waals surface area contributed by atoms with E-state index in [1.165, 1.54) is 10.9 Å². The van der Waals surface area contributed by atoms with Crippen LogP contribution in [-0.2, 0) is 13.6 Å². The van der Waals surface area contributed by atoms with E-state index in [9.17, 15) is 4.79 Å². The predicted molar refractivity (Wildman–Crippen MR) is 123 cm³/mol. The standard InChI is InChI=1S/C26H21N3O/c1-28-18-20(21-11-6-8-14-24(21)28)15-16-25-27-23-13-7-5-12-22(23)26(30)29(25)17-19-9-3-2-4-10-19/h2-16,18H,17H2,1H3. The van der Waals surface area contributed by atoms with Crippen molar-refractivity contribution >= 4 is 34.0 Å². The van der Waals surface area contributed by atoms with Gasteiger partial charge in [0.1, 0.15) is 5.82 Å². The van der Waals surface area contributed by atoms with Gasteiger partial charge in [-0.05, 0) is 35.9 Å². The van der Waals surface area contributed by atoms with E-state index in [2.05, 4.69) is 22.9 Å². The average Bonchev–Trinajstić information content (AvgIpc) is 3.11. The predicted octanol–water partition coefficient (Wildman–Crippen LogP) is 5.11. The number of aromatic nitrogens is 3. The molecular formula is C26H21N3O. The van der Waals surface area contributed by atoms with Crippen LogP contribution in [0.2, 0.25) is 0 Å². The van der Waals surface area contributed by atoms with Crippen LogP contribution < -0.4 is 5.56 Å². The molecule has 5 aromatic rings. The number of hydrogen-bond donors (Lipinski definition) is 0. The van der Waals surface area contributed by atoms with Crippen LogP contribution in [0.25, 0.3) is 34.0 Å². The molecule has 0 amide bonds. The third kappa shape index (κ3) is 3.22. The normalized spacial score (nSPS) is 11.6. The summed E-state index contributed by atoms with van der Waals surface area (Å²) >= 11 is 0. The lowest BCUT2D eigenvalue weighted by Gasteiger charge is -2.11. The lowest BCUT2D eigenvalue weighted by molar-refractivity contribution is 0.738. The fourth-order valence-electron chi connectivity index (χ4n) is 3.90. The monoisotopic (exact) mass is 391 g/mol. The summed E-state index contributed by atoms with van der Waals surface area (Å²) < 4.78 is 3.86. The summed E-state index contributed by atoms with van der Waals surface area (Å²) in [5, 5.41) is 1.81. The van der Waals surface area contributed by atoms with Crippen LogP contribution in [0.1, 0.15) is 17.0 Å². The molecule has 3 aromatic carbocycles. The number of hydrogen-bond acceptors (Lipinski definition) is 2. The van der Waals surface area contributed by atoms with E-state index in [0.717, 1.165) is 11.1 Å². The summed E-state index contributed by atoms with van der Waals surface area (Å²) in [6.45, 7) is 0.479. The highest BCUT2D eigenvalue weighted by Gasteiger charge is 2.10. The van der Waals surface area contributed by atoms with Crippen molar-refractivity contribution in [1.29, 1.82) is 0 Å². The average molecular weight is 391 g/mol. The Hall–Kier alpha value is -3.92. The van der Waals surface area contributed by atoms with Crippen LogP contribution >= 0.6 is 0 Å². The van der Waals surface area contributed by atoms with Gasteiger partial charge in [0.15, 0.2) is 0 Å². The zero-order valence-corrected chi connectivity index (χ0v) is 16.7. The number of fused-ring (bicyclic) bond motifs is 2. The van der Waals surface area contributed by atoms with E-state index in [4.69, 9.17) is 4.98 Å². The van der Waals surface area contributed by atoms with Gasteiger partial charge in [-0.1, -0.05) is 60.7 Å². The number of rotatable bonds is 4. The summed E-state index contributed by atoms with van der Waals surface area (Å²) in [6, 6.07) is 25.8. The van der Waals surface area contributed by atoms with Gasteiger partial charge in [-0.25, -0.2) is 4.98 Å². The topological polar surface area (TPSA) is 39.8 Å². The van der Waals surface area contributed by atoms with Crippen molar-refractivity contribution in [2.24, 2.45) is 7.05 Å². The van der Waals surface area contributed by atoms with Gasteiger partial charge < -0.3 is 4.57 Å². The van der Waals surface area contributed by atoms with E-state index in [0.29, 0.717) is 23.3 Å². The van der Waals surface area contributed by atoms with Gasteiger partial charge in [-0.15, -0.1) is 0 Å². The van der Waals surface area contributed by atoms with Crippen molar-refractivity contribution < 1.29 is 0 Å². The Labute approximate surface area is 174 Å². The van der Waals surface area contributed by atoms with Crippen molar-refractivity contribution in [3.63, 3.8) is 0 Å². The van der Waals surface area contributed by atoms with Crippen LogP contribution in [0.15, 0.2) is 89.9 Å². The molecule has 0 radical (unpaired) electrons. The van der Waals surface area contributed by atoms with Gasteiger partial charge in [0, 0.05) is 29.7 Å². The molecule has 0 aliphatic rings. The van der Waals surface area contributed by atoms with Gasteiger partial charge in [0.25, 0.3) is 5.56 Å². The molecule has 0 unspecified atom stereocenters. The van der Waals surface area contributed by atoms with Gasteiger partial charge in [-0.2, -0.15) is 0 Å². The first-order valence-corrected chi connectivity index (χ1v) is 9.96. The van der Waals surface area contributed by atoms with Crippen LogP contribution in [0.4, 0.5) is 0 Å². The van der Waals surface area contributed by atoms with Crippen LogP contribution in [0, 0.1) is 0 Å². The highest BCUT2D eigenvalue weighted by atomic mass is 16.1. The van der Waals surface area contributed by atoms with E-state index in [1.54, 1.807) is 4.57 Å². The molecule has 146 valence electrons. The van der Waals surface area contributed by atoms with E-state index in [-0.39, 0.29) is 5.56 Å². The molecule has 0 saturated heterocycles. The highest BCUT2D eigenvalue weighted by molar-refractivity contribution is 5.92. The number of aryl methyl sites for hydroxylation is 1. The second-order valence-corrected chi connectivity index (χ2v) is 7.41. The maximum absolute atomic E-state index is 13.3. The minimum atomic E-state index is -0.0259. The SMILES string of the molecule is Cn1cc(C=Cc2nc3ccccc3c(=O)n2Cc2ccccc2)c2ccccc21. The molecule has 0 fully saturated rings. The quantitative estimate of drug-likeness (QED) is 0.427. The Morgan fingerprint density at radius 1 is 0.833 bits per heavy atom. The highest BCUT2D eigenvalue weighted by Crippen LogP contribution is 2.22. The molecule has 30 heavy (non-hydrogen) atoms. The minimum absolute atomic E-state index is 0.0259. The van der Waals surface area contributed by atoms with Crippen molar-refractivity contribution in [2.45, 2.75) is 6.54 Å². The molecule has 0 spiro atoms. The summed E-state index contributed by atoms with van der Waals surface area (Å²) in [4.78, 5) is 18.1. The van der Waals surface area contributed by atoms with Gasteiger partial charge in [0.05, 0.1) is 17.4 Å². The van der Waals surface area contributed by atoms with Crippen LogP contribution in [-0.4, -0.2) is 14.1 Å². The molecule has 0 atom stereocenters. The molecule has 4 heteroatoms. The zero-order valence-electron chi connectivity index (χ0n) is 16.7. The van der Waals surface area contributed by atoms with Crippen molar-refractivity contribution in [3.05, 3.63) is 112 Å². The van der Waals surface area contributed by atoms with Crippen molar-refractivity contribution in [1.82, 2.24) is 14.1 Å². The molecule has 2 heterocycles. The lowest BCUT2D eigenvalue weighted by Crippen LogP contribution is -2.24. The van der Waals surface area contributed by atoms with Crippen LogP contribution in [0.5, 0.6) is 0 Å². The molecule has 5 rings (SSSR count). The third-order valence-corrected chi connectivity index (χ3v) is 5.41. The molecular weight excluding hydrogens is 370 g/mol. The summed E-state index contributed by atoms with van der Waals surface area (Å²) in [5.41, 5.74) is 4.02. The first kappa shape index (κ1) is 18.1. The maximum atomic E-state index is 13.3. The molecule has 0 N–H and O–H groups in total. The Morgan fingerprint density at radius 3 is 2.37 bits per heavy atom. The maximum Gasteiger partial charge on any atom is 0.261 e. The van der Waals surface area contributed by atoms with E-state index < -0.39 is 0 Å². The first-order valence-electron chi connectivity index (χ1n) is 9.96. The summed E-state index contributed by atoms with van der Waals surface area (Å²) in [5.74, 6) is 0.649. The first-order chi connectivity index (χ1) is 14.7. The number of benzene rings is 3. The van der Waals surface area contributed by atoms with Gasteiger partial charge in [-0.3, -0.25) is 9.36 Å². The Balaban J connectivity index is 1.66. The Morgan fingerprint density at radius 2 is 1.53 bits per heavy atom. The molecule has 0 saturated carbocycles. The Kier molecular flexibility index (Phi) is 4.52. The fourth-order valence-corrected chi connectivity index (χ4v) is 3.90. The van der Waals surface area contributed by atoms with Gasteiger partial charge >= 0.3 is 0 Å².